The summed E-state index contributed by atoms with van der Waals surface area (Å²) in [6.45, 7) is 2.04. The van der Waals surface area contributed by atoms with E-state index in [1.54, 1.807) is 0 Å². The lowest BCUT2D eigenvalue weighted by molar-refractivity contribution is -0.131. The smallest absolute Gasteiger partial charge is 0.261 e. The van der Waals surface area contributed by atoms with Crippen molar-refractivity contribution >= 4 is 15.9 Å². The van der Waals surface area contributed by atoms with E-state index >= 15 is 0 Å². The topological polar surface area (TPSA) is 95.5 Å². The molecular formula is C14H21FN2O4S. The van der Waals surface area contributed by atoms with Gasteiger partial charge in [-0.25, -0.2) is 18.3 Å². The zero-order valence-electron chi connectivity index (χ0n) is 12.4. The Morgan fingerprint density at radius 1 is 1.23 bits per heavy atom. The van der Waals surface area contributed by atoms with Crippen LogP contribution in [0.15, 0.2) is 29.2 Å². The van der Waals surface area contributed by atoms with Crippen LogP contribution in [0.2, 0.25) is 0 Å². The quantitative estimate of drug-likeness (QED) is 0.366. The molecule has 1 aromatic rings. The maximum absolute atomic E-state index is 12.8. The number of amides is 1. The molecular weight excluding hydrogens is 311 g/mol. The standard InChI is InChI=1S/C14H21FN2O4S/c1-2-3-4-5-6-13(14(18)16-19)17-22(20,21)12-9-7-11(15)8-10-12/h7-10,13,17,19H,2-6H2,1H3,(H,16,18)/t13-/m1/s1. The summed E-state index contributed by atoms with van der Waals surface area (Å²) in [4.78, 5) is 11.5. The minimum absolute atomic E-state index is 0.141. The van der Waals surface area contributed by atoms with Crippen molar-refractivity contribution in [3.8, 4) is 0 Å². The molecule has 0 aliphatic rings. The number of carbonyl (C=O) groups excluding carboxylic acids is 1. The van der Waals surface area contributed by atoms with E-state index in [2.05, 4.69) is 4.72 Å². The Hall–Kier alpha value is -1.51. The van der Waals surface area contributed by atoms with Gasteiger partial charge in [0.15, 0.2) is 0 Å². The highest BCUT2D eigenvalue weighted by atomic mass is 32.2. The first kappa shape index (κ1) is 18.5. The first-order chi connectivity index (χ1) is 10.4. The second-order valence-electron chi connectivity index (χ2n) is 4.95. The third-order valence-electron chi connectivity index (χ3n) is 3.19. The maximum atomic E-state index is 12.8. The monoisotopic (exact) mass is 332 g/mol. The molecule has 0 bridgehead atoms. The molecule has 1 rings (SSSR count). The van der Waals surface area contributed by atoms with Crippen LogP contribution in [0.25, 0.3) is 0 Å². The Labute approximate surface area is 129 Å². The van der Waals surface area contributed by atoms with Crippen molar-refractivity contribution in [2.45, 2.75) is 50.0 Å². The molecule has 0 saturated carbocycles. The number of rotatable bonds is 9. The summed E-state index contributed by atoms with van der Waals surface area (Å²) < 4.78 is 39.4. The van der Waals surface area contributed by atoms with Crippen molar-refractivity contribution in [1.82, 2.24) is 10.2 Å². The van der Waals surface area contributed by atoms with Crippen LogP contribution in [0.4, 0.5) is 4.39 Å². The third-order valence-corrected chi connectivity index (χ3v) is 4.68. The van der Waals surface area contributed by atoms with Gasteiger partial charge in [-0.3, -0.25) is 10.0 Å². The molecule has 0 saturated heterocycles. The Balaban J connectivity index is 2.78. The second-order valence-corrected chi connectivity index (χ2v) is 6.67. The normalized spacial score (nSPS) is 12.9. The van der Waals surface area contributed by atoms with Crippen LogP contribution in [-0.2, 0) is 14.8 Å². The lowest BCUT2D eigenvalue weighted by atomic mass is 10.1. The first-order valence-corrected chi connectivity index (χ1v) is 8.61. The van der Waals surface area contributed by atoms with Gasteiger partial charge in [0.25, 0.3) is 5.91 Å². The van der Waals surface area contributed by atoms with E-state index in [1.807, 2.05) is 6.92 Å². The van der Waals surface area contributed by atoms with Crippen molar-refractivity contribution in [2.24, 2.45) is 0 Å². The number of sulfonamides is 1. The van der Waals surface area contributed by atoms with Crippen molar-refractivity contribution in [1.29, 1.82) is 0 Å². The minimum Gasteiger partial charge on any atom is -0.289 e. The third kappa shape index (κ3) is 5.70. The highest BCUT2D eigenvalue weighted by Gasteiger charge is 2.25. The predicted molar refractivity (Wildman–Crippen MR) is 79.2 cm³/mol. The van der Waals surface area contributed by atoms with Crippen LogP contribution < -0.4 is 10.2 Å². The fourth-order valence-corrected chi connectivity index (χ4v) is 3.20. The fraction of sp³-hybridized carbons (Fsp3) is 0.500. The first-order valence-electron chi connectivity index (χ1n) is 7.12. The molecule has 0 aromatic heterocycles. The molecule has 1 amide bonds. The number of unbranched alkanes of at least 4 members (excludes halogenated alkanes) is 3. The number of hydroxylamine groups is 1. The van der Waals surface area contributed by atoms with Gasteiger partial charge in [-0.15, -0.1) is 0 Å². The summed E-state index contributed by atoms with van der Waals surface area (Å²) in [7, 11) is -3.96. The molecule has 8 heteroatoms. The van der Waals surface area contributed by atoms with Gasteiger partial charge in [0.1, 0.15) is 11.9 Å². The maximum Gasteiger partial charge on any atom is 0.261 e. The van der Waals surface area contributed by atoms with Crippen molar-refractivity contribution in [3.05, 3.63) is 30.1 Å². The number of hydrogen-bond donors (Lipinski definition) is 3. The molecule has 22 heavy (non-hydrogen) atoms. The number of benzene rings is 1. The molecule has 0 aliphatic carbocycles. The van der Waals surface area contributed by atoms with Crippen LogP contribution >= 0.6 is 0 Å². The summed E-state index contributed by atoms with van der Waals surface area (Å²) in [6.07, 6.45) is 3.78. The fourth-order valence-electron chi connectivity index (χ4n) is 1.97. The average molecular weight is 332 g/mol. The van der Waals surface area contributed by atoms with E-state index in [0.717, 1.165) is 43.5 Å². The lowest BCUT2D eigenvalue weighted by Gasteiger charge is -2.16. The van der Waals surface area contributed by atoms with E-state index in [1.165, 1.54) is 5.48 Å². The van der Waals surface area contributed by atoms with Gasteiger partial charge in [-0.2, -0.15) is 4.72 Å². The molecule has 3 N–H and O–H groups in total. The van der Waals surface area contributed by atoms with Crippen LogP contribution in [0.5, 0.6) is 0 Å². The van der Waals surface area contributed by atoms with Crippen LogP contribution in [0.1, 0.15) is 39.0 Å². The average Bonchev–Trinajstić information content (AvgIpc) is 2.50. The van der Waals surface area contributed by atoms with E-state index in [0.29, 0.717) is 6.42 Å². The lowest BCUT2D eigenvalue weighted by Crippen LogP contribution is -2.45. The second kappa shape index (κ2) is 8.82. The summed E-state index contributed by atoms with van der Waals surface area (Å²) in [5.74, 6) is -1.37. The molecule has 1 atom stereocenters. The van der Waals surface area contributed by atoms with Crippen LogP contribution in [0.3, 0.4) is 0 Å². The van der Waals surface area contributed by atoms with Gasteiger partial charge in [0.2, 0.25) is 10.0 Å². The van der Waals surface area contributed by atoms with Gasteiger partial charge in [0.05, 0.1) is 4.90 Å². The molecule has 6 nitrogen and oxygen atoms in total. The molecule has 0 unspecified atom stereocenters. The van der Waals surface area contributed by atoms with Crippen molar-refractivity contribution in [3.63, 3.8) is 0 Å². The Morgan fingerprint density at radius 3 is 2.41 bits per heavy atom. The number of halogens is 1. The van der Waals surface area contributed by atoms with Gasteiger partial charge >= 0.3 is 0 Å². The molecule has 124 valence electrons. The molecule has 0 heterocycles. The minimum atomic E-state index is -3.96. The van der Waals surface area contributed by atoms with Gasteiger partial charge in [-0.1, -0.05) is 32.6 Å². The summed E-state index contributed by atoms with van der Waals surface area (Å²) in [6, 6.07) is 3.20. The van der Waals surface area contributed by atoms with Gasteiger partial charge < -0.3 is 0 Å². The van der Waals surface area contributed by atoms with Gasteiger partial charge in [-0.05, 0) is 30.7 Å². The predicted octanol–water partition coefficient (Wildman–Crippen LogP) is 1.95. The number of carbonyl (C=O) groups is 1. The van der Waals surface area contributed by atoms with Gasteiger partial charge in [0, 0.05) is 0 Å². The molecule has 0 fully saturated rings. The highest BCUT2D eigenvalue weighted by molar-refractivity contribution is 7.89. The summed E-state index contributed by atoms with van der Waals surface area (Å²) in [5, 5.41) is 8.73. The van der Waals surface area contributed by atoms with Crippen molar-refractivity contribution < 1.29 is 22.8 Å². The summed E-state index contributed by atoms with van der Waals surface area (Å²) in [5.41, 5.74) is 1.46. The molecule has 0 radical (unpaired) electrons. The Bertz CT molecular complexity index is 575. The SMILES string of the molecule is CCCCCC[C@@H](NS(=O)(=O)c1ccc(F)cc1)C(=O)NO. The molecule has 1 aromatic carbocycles. The van der Waals surface area contributed by atoms with Crippen molar-refractivity contribution in [2.75, 3.05) is 0 Å². The molecule has 0 aliphatic heterocycles. The van der Waals surface area contributed by atoms with Crippen LogP contribution in [-0.4, -0.2) is 25.6 Å². The van der Waals surface area contributed by atoms with E-state index in [9.17, 15) is 17.6 Å². The Morgan fingerprint density at radius 2 is 1.86 bits per heavy atom. The van der Waals surface area contributed by atoms with Crippen LogP contribution in [0, 0.1) is 5.82 Å². The number of hydrogen-bond acceptors (Lipinski definition) is 4. The highest BCUT2D eigenvalue weighted by Crippen LogP contribution is 2.13. The summed E-state index contributed by atoms with van der Waals surface area (Å²) >= 11 is 0. The zero-order valence-corrected chi connectivity index (χ0v) is 13.2. The van der Waals surface area contributed by atoms with E-state index < -0.39 is 27.8 Å². The van der Waals surface area contributed by atoms with E-state index in [4.69, 9.17) is 5.21 Å². The largest absolute Gasteiger partial charge is 0.289 e. The number of nitrogens with one attached hydrogen (secondary N) is 2. The van der Waals surface area contributed by atoms with E-state index in [-0.39, 0.29) is 11.3 Å². The Kier molecular flexibility index (Phi) is 7.43. The molecule has 0 spiro atoms. The zero-order chi connectivity index (χ0) is 16.6.